The zero-order valence-electron chi connectivity index (χ0n) is 21.5. The quantitative estimate of drug-likeness (QED) is 0.277. The standard InChI is InChI=1S/C31H30N2O5/c1-3-37-30(36)33(26-9-5-4-6-10-26)27-21(2)32-38-28(27)24-13-11-22(12-14-24)23-15-17-25(18-16-23)31(29(34)35)19-7-8-20-31/h4-6,9-18H,3,7-8,19-20H2,1-2H3,(H,34,35). The van der Waals surface area contributed by atoms with Gasteiger partial charge in [-0.05, 0) is 55.5 Å². The fourth-order valence-electron chi connectivity index (χ4n) is 5.31. The van der Waals surface area contributed by atoms with Crippen molar-refractivity contribution < 1.29 is 24.0 Å². The zero-order chi connectivity index (χ0) is 26.7. The number of hydrogen-bond acceptors (Lipinski definition) is 5. The molecule has 1 amide bonds. The molecule has 194 valence electrons. The Morgan fingerprint density at radius 1 is 0.921 bits per heavy atom. The molecule has 1 aliphatic carbocycles. The SMILES string of the molecule is CCOC(=O)N(c1ccccc1)c1c(C)noc1-c1ccc(-c2ccc(C3(C(=O)O)CCCC3)cc2)cc1. The van der Waals surface area contributed by atoms with Crippen LogP contribution in [0, 0.1) is 6.92 Å². The molecule has 1 saturated carbocycles. The first kappa shape index (κ1) is 25.3. The van der Waals surface area contributed by atoms with E-state index >= 15 is 0 Å². The van der Waals surface area contributed by atoms with E-state index in [0.717, 1.165) is 35.1 Å². The predicted octanol–water partition coefficient (Wildman–Crippen LogP) is 7.51. The minimum absolute atomic E-state index is 0.239. The highest BCUT2D eigenvalue weighted by Crippen LogP contribution is 2.42. The molecular weight excluding hydrogens is 480 g/mol. The summed E-state index contributed by atoms with van der Waals surface area (Å²) in [5.41, 5.74) is 4.58. The van der Waals surface area contributed by atoms with E-state index in [9.17, 15) is 14.7 Å². The molecule has 0 radical (unpaired) electrons. The van der Waals surface area contributed by atoms with Gasteiger partial charge in [0.15, 0.2) is 5.76 Å². The molecule has 38 heavy (non-hydrogen) atoms. The average molecular weight is 511 g/mol. The molecule has 4 aromatic rings. The normalized spacial score (nSPS) is 14.3. The van der Waals surface area contributed by atoms with Crippen LogP contribution in [0.4, 0.5) is 16.2 Å². The highest BCUT2D eigenvalue weighted by atomic mass is 16.6. The van der Waals surface area contributed by atoms with Crippen LogP contribution in [0.1, 0.15) is 43.9 Å². The molecular formula is C31H30N2O5. The molecule has 0 aliphatic heterocycles. The number of nitrogens with zero attached hydrogens (tertiary/aromatic N) is 2. The van der Waals surface area contributed by atoms with Crippen molar-refractivity contribution in [1.82, 2.24) is 5.16 Å². The molecule has 1 N–H and O–H groups in total. The molecule has 1 aromatic heterocycles. The van der Waals surface area contributed by atoms with Crippen LogP contribution < -0.4 is 4.90 Å². The van der Waals surface area contributed by atoms with Crippen LogP contribution in [0.25, 0.3) is 22.5 Å². The van der Waals surface area contributed by atoms with E-state index in [2.05, 4.69) is 5.16 Å². The number of aliphatic carboxylic acids is 1. The van der Waals surface area contributed by atoms with E-state index in [4.69, 9.17) is 9.26 Å². The first-order chi connectivity index (χ1) is 18.4. The highest BCUT2D eigenvalue weighted by Gasteiger charge is 2.42. The van der Waals surface area contributed by atoms with Crippen LogP contribution in [0.3, 0.4) is 0 Å². The Balaban J connectivity index is 1.46. The minimum Gasteiger partial charge on any atom is -0.481 e. The number of rotatable bonds is 7. The lowest BCUT2D eigenvalue weighted by molar-refractivity contribution is -0.143. The lowest BCUT2D eigenvalue weighted by atomic mass is 9.78. The average Bonchev–Trinajstić information content (AvgIpc) is 3.59. The Morgan fingerprint density at radius 2 is 1.50 bits per heavy atom. The number of anilines is 2. The monoisotopic (exact) mass is 510 g/mol. The van der Waals surface area contributed by atoms with Gasteiger partial charge in [0.1, 0.15) is 11.4 Å². The molecule has 7 nitrogen and oxygen atoms in total. The van der Waals surface area contributed by atoms with Crippen LogP contribution >= 0.6 is 0 Å². The van der Waals surface area contributed by atoms with E-state index in [-0.39, 0.29) is 6.61 Å². The molecule has 0 unspecified atom stereocenters. The van der Waals surface area contributed by atoms with Crippen LogP contribution in [-0.2, 0) is 14.9 Å². The van der Waals surface area contributed by atoms with Crippen LogP contribution in [0.15, 0.2) is 83.4 Å². The summed E-state index contributed by atoms with van der Waals surface area (Å²) < 4.78 is 11.1. The topological polar surface area (TPSA) is 92.9 Å². The largest absolute Gasteiger partial charge is 0.481 e. The molecule has 0 atom stereocenters. The number of ether oxygens (including phenoxy) is 1. The van der Waals surface area contributed by atoms with E-state index in [0.29, 0.717) is 35.7 Å². The van der Waals surface area contributed by atoms with Crippen LogP contribution in [0.5, 0.6) is 0 Å². The molecule has 3 aromatic carbocycles. The van der Waals surface area contributed by atoms with Crippen LogP contribution in [0.2, 0.25) is 0 Å². The predicted molar refractivity (Wildman–Crippen MR) is 145 cm³/mol. The maximum atomic E-state index is 13.0. The summed E-state index contributed by atoms with van der Waals surface area (Å²) in [5, 5.41) is 14.1. The number of amides is 1. The third-order valence-corrected chi connectivity index (χ3v) is 7.30. The van der Waals surface area contributed by atoms with Gasteiger partial charge in [0.2, 0.25) is 0 Å². The molecule has 1 heterocycles. The van der Waals surface area contributed by atoms with Gasteiger partial charge in [-0.1, -0.05) is 84.7 Å². The lowest BCUT2D eigenvalue weighted by Gasteiger charge is -2.24. The van der Waals surface area contributed by atoms with Crippen molar-refractivity contribution in [2.24, 2.45) is 0 Å². The molecule has 0 spiro atoms. The Morgan fingerprint density at radius 3 is 2.08 bits per heavy atom. The number of carbonyl (C=O) groups excluding carboxylic acids is 1. The van der Waals surface area contributed by atoms with Gasteiger partial charge in [-0.3, -0.25) is 4.79 Å². The van der Waals surface area contributed by atoms with Crippen molar-refractivity contribution in [2.75, 3.05) is 11.5 Å². The lowest BCUT2D eigenvalue weighted by Crippen LogP contribution is -2.32. The molecule has 0 saturated heterocycles. The second-order valence-corrected chi connectivity index (χ2v) is 9.56. The number of hydrogen-bond donors (Lipinski definition) is 1. The van der Waals surface area contributed by atoms with Gasteiger partial charge >= 0.3 is 12.1 Å². The summed E-state index contributed by atoms with van der Waals surface area (Å²) in [4.78, 5) is 26.5. The molecule has 5 rings (SSSR count). The molecule has 0 bridgehead atoms. The third kappa shape index (κ3) is 4.56. The van der Waals surface area contributed by atoms with Gasteiger partial charge in [-0.2, -0.15) is 0 Å². The summed E-state index contributed by atoms with van der Waals surface area (Å²) in [6.07, 6.45) is 2.74. The fourth-order valence-corrected chi connectivity index (χ4v) is 5.31. The van der Waals surface area contributed by atoms with Gasteiger partial charge in [-0.15, -0.1) is 0 Å². The maximum Gasteiger partial charge on any atom is 0.419 e. The second-order valence-electron chi connectivity index (χ2n) is 9.56. The van der Waals surface area contributed by atoms with E-state index < -0.39 is 17.5 Å². The van der Waals surface area contributed by atoms with E-state index in [1.807, 2.05) is 78.9 Å². The number of carboxylic acids is 1. The Hall–Kier alpha value is -4.39. The van der Waals surface area contributed by atoms with Crippen molar-refractivity contribution >= 4 is 23.4 Å². The first-order valence-electron chi connectivity index (χ1n) is 12.9. The summed E-state index contributed by atoms with van der Waals surface area (Å²) in [7, 11) is 0. The summed E-state index contributed by atoms with van der Waals surface area (Å²) in [6, 6.07) is 24.9. The summed E-state index contributed by atoms with van der Waals surface area (Å²) >= 11 is 0. The molecule has 1 fully saturated rings. The zero-order valence-corrected chi connectivity index (χ0v) is 21.5. The number of para-hydroxylation sites is 1. The van der Waals surface area contributed by atoms with Gasteiger partial charge < -0.3 is 14.4 Å². The van der Waals surface area contributed by atoms with Gasteiger partial charge in [0.25, 0.3) is 0 Å². The number of aromatic nitrogens is 1. The summed E-state index contributed by atoms with van der Waals surface area (Å²) in [5.74, 6) is -0.274. The van der Waals surface area contributed by atoms with Gasteiger partial charge in [0.05, 0.1) is 17.7 Å². The molecule has 1 aliphatic rings. The van der Waals surface area contributed by atoms with Crippen molar-refractivity contribution in [3.8, 4) is 22.5 Å². The number of carboxylic acid groups (broad SMARTS) is 1. The van der Waals surface area contributed by atoms with E-state index in [1.165, 1.54) is 4.90 Å². The summed E-state index contributed by atoms with van der Waals surface area (Å²) in [6.45, 7) is 3.80. The maximum absolute atomic E-state index is 13.0. The van der Waals surface area contributed by atoms with Crippen LogP contribution in [-0.4, -0.2) is 28.9 Å². The Labute approximate surface area is 221 Å². The van der Waals surface area contributed by atoms with Crippen molar-refractivity contribution in [1.29, 1.82) is 0 Å². The second kappa shape index (κ2) is 10.5. The van der Waals surface area contributed by atoms with Gasteiger partial charge in [0, 0.05) is 5.56 Å². The number of aryl methyl sites for hydroxylation is 1. The fraction of sp³-hybridized carbons (Fsp3) is 0.258. The van der Waals surface area contributed by atoms with Crippen molar-refractivity contribution in [2.45, 2.75) is 44.9 Å². The van der Waals surface area contributed by atoms with Gasteiger partial charge in [-0.25, -0.2) is 9.69 Å². The number of benzene rings is 3. The van der Waals surface area contributed by atoms with E-state index in [1.54, 1.807) is 13.8 Å². The third-order valence-electron chi connectivity index (χ3n) is 7.30. The smallest absolute Gasteiger partial charge is 0.419 e. The Kier molecular flexibility index (Phi) is 7.01. The highest BCUT2D eigenvalue weighted by molar-refractivity contribution is 6.00. The van der Waals surface area contributed by atoms with Crippen molar-refractivity contribution in [3.63, 3.8) is 0 Å². The number of carbonyl (C=O) groups is 2. The van der Waals surface area contributed by atoms with Crippen molar-refractivity contribution in [3.05, 3.63) is 90.1 Å². The minimum atomic E-state index is -0.771. The first-order valence-corrected chi connectivity index (χ1v) is 12.9. The molecule has 7 heteroatoms. The Bertz CT molecular complexity index is 1420.